The van der Waals surface area contributed by atoms with Gasteiger partial charge in [0.05, 0.1) is 6.33 Å². The van der Waals surface area contributed by atoms with E-state index in [2.05, 4.69) is 37.4 Å². The molecule has 0 atom stereocenters. The summed E-state index contributed by atoms with van der Waals surface area (Å²) in [6.45, 7) is 0. The Kier molecular flexibility index (Phi) is 4.19. The van der Waals surface area contributed by atoms with Crippen LogP contribution in [0.3, 0.4) is 0 Å². The van der Waals surface area contributed by atoms with Gasteiger partial charge in [-0.2, -0.15) is 0 Å². The van der Waals surface area contributed by atoms with Crippen LogP contribution < -0.4 is 5.32 Å². The van der Waals surface area contributed by atoms with E-state index in [9.17, 15) is 4.79 Å². The summed E-state index contributed by atoms with van der Waals surface area (Å²) in [7, 11) is 0. The lowest BCUT2D eigenvalue weighted by Crippen LogP contribution is -2.10. The number of anilines is 1. The van der Waals surface area contributed by atoms with Crippen LogP contribution in [-0.2, 0) is 6.42 Å². The molecule has 0 saturated heterocycles. The van der Waals surface area contributed by atoms with Crippen molar-refractivity contribution in [3.05, 3.63) is 42.2 Å². The molecule has 0 fully saturated rings. The second kappa shape index (κ2) is 6.44. The molecule has 0 saturated carbocycles. The summed E-state index contributed by atoms with van der Waals surface area (Å²) in [5.41, 5.74) is 2.16. The molecule has 1 aromatic carbocycles. The fraction of sp³-hybridized carbons (Fsp3) is 0.143. The van der Waals surface area contributed by atoms with E-state index in [-0.39, 0.29) is 5.82 Å². The highest BCUT2D eigenvalue weighted by Gasteiger charge is 2.12. The number of aromatic nitrogens is 4. The van der Waals surface area contributed by atoms with Crippen LogP contribution >= 0.6 is 11.8 Å². The smallest absolute Gasteiger partial charge is 0.410 e. The zero-order valence-electron chi connectivity index (χ0n) is 11.5. The Balaban J connectivity index is 1.74. The van der Waals surface area contributed by atoms with Crippen molar-refractivity contribution in [2.45, 2.75) is 11.6 Å². The number of benzene rings is 1. The molecule has 2 heterocycles. The second-order valence-electron chi connectivity index (χ2n) is 4.47. The maximum atomic E-state index is 10.8. The van der Waals surface area contributed by atoms with Gasteiger partial charge in [-0.05, 0) is 12.0 Å². The summed E-state index contributed by atoms with van der Waals surface area (Å²) >= 11 is 1.47. The van der Waals surface area contributed by atoms with Gasteiger partial charge in [0, 0.05) is 5.75 Å². The van der Waals surface area contributed by atoms with Crippen molar-refractivity contribution < 1.29 is 9.90 Å². The van der Waals surface area contributed by atoms with Gasteiger partial charge in [0.2, 0.25) is 0 Å². The van der Waals surface area contributed by atoms with Crippen molar-refractivity contribution >= 4 is 34.8 Å². The molecule has 0 bridgehead atoms. The molecule has 3 aromatic rings. The quantitative estimate of drug-likeness (QED) is 0.494. The fourth-order valence-electron chi connectivity index (χ4n) is 1.97. The number of carbonyl (C=O) groups is 1. The molecule has 112 valence electrons. The Labute approximate surface area is 130 Å². The van der Waals surface area contributed by atoms with Gasteiger partial charge in [0.1, 0.15) is 5.52 Å². The maximum absolute atomic E-state index is 10.8. The van der Waals surface area contributed by atoms with Gasteiger partial charge >= 0.3 is 6.09 Å². The van der Waals surface area contributed by atoms with Crippen molar-refractivity contribution in [1.29, 1.82) is 0 Å². The van der Waals surface area contributed by atoms with Crippen LogP contribution in [0, 0.1) is 0 Å². The number of nitrogens with one attached hydrogen (secondary N) is 2. The third-order valence-corrected chi connectivity index (χ3v) is 3.80. The van der Waals surface area contributed by atoms with E-state index in [1.165, 1.54) is 23.7 Å². The molecule has 8 heteroatoms. The Bertz CT molecular complexity index is 790. The number of thioether (sulfide) groups is 1. The van der Waals surface area contributed by atoms with Crippen molar-refractivity contribution in [1.82, 2.24) is 19.9 Å². The summed E-state index contributed by atoms with van der Waals surface area (Å²) in [5, 5.41) is 11.6. The predicted molar refractivity (Wildman–Crippen MR) is 84.2 cm³/mol. The first kappa shape index (κ1) is 14.3. The van der Waals surface area contributed by atoms with Gasteiger partial charge in [-0.25, -0.2) is 19.7 Å². The average molecular weight is 315 g/mol. The van der Waals surface area contributed by atoms with Crippen LogP contribution in [0.2, 0.25) is 0 Å². The zero-order valence-corrected chi connectivity index (χ0v) is 12.3. The van der Waals surface area contributed by atoms with Crippen LogP contribution in [0.25, 0.3) is 11.2 Å². The number of aryl methyl sites for hydroxylation is 1. The van der Waals surface area contributed by atoms with Crippen molar-refractivity contribution in [2.24, 2.45) is 0 Å². The first-order valence-electron chi connectivity index (χ1n) is 6.60. The van der Waals surface area contributed by atoms with Gasteiger partial charge in [-0.1, -0.05) is 42.1 Å². The molecular weight excluding hydrogens is 302 g/mol. The topological polar surface area (TPSA) is 104 Å². The highest BCUT2D eigenvalue weighted by atomic mass is 32.2. The van der Waals surface area contributed by atoms with E-state index in [4.69, 9.17) is 5.11 Å². The minimum Gasteiger partial charge on any atom is -0.465 e. The lowest BCUT2D eigenvalue weighted by Gasteiger charge is -2.05. The summed E-state index contributed by atoms with van der Waals surface area (Å²) in [6, 6.07) is 10.1. The minimum absolute atomic E-state index is 0.220. The molecule has 0 spiro atoms. The van der Waals surface area contributed by atoms with E-state index in [0.29, 0.717) is 16.3 Å². The second-order valence-corrected chi connectivity index (χ2v) is 5.53. The summed E-state index contributed by atoms with van der Waals surface area (Å²) in [5.74, 6) is 1.02. The highest BCUT2D eigenvalue weighted by molar-refractivity contribution is 7.99. The third kappa shape index (κ3) is 3.34. The number of nitrogens with zero attached hydrogens (tertiary/aromatic N) is 3. The van der Waals surface area contributed by atoms with E-state index in [1.807, 2.05) is 18.2 Å². The number of hydrogen-bond acceptors (Lipinski definition) is 5. The van der Waals surface area contributed by atoms with Crippen molar-refractivity contribution in [3.8, 4) is 0 Å². The molecule has 0 unspecified atom stereocenters. The third-order valence-electron chi connectivity index (χ3n) is 2.96. The monoisotopic (exact) mass is 315 g/mol. The number of aromatic amines is 1. The molecule has 3 N–H and O–H groups in total. The number of hydrogen-bond donors (Lipinski definition) is 3. The lowest BCUT2D eigenvalue weighted by atomic mass is 10.2. The first-order chi connectivity index (χ1) is 10.7. The normalized spacial score (nSPS) is 10.7. The molecule has 0 aliphatic rings. The van der Waals surface area contributed by atoms with Crippen LogP contribution in [-0.4, -0.2) is 36.9 Å². The van der Waals surface area contributed by atoms with Gasteiger partial charge in [-0.15, -0.1) is 0 Å². The number of H-pyrrole nitrogens is 1. The molecule has 3 rings (SSSR count). The van der Waals surface area contributed by atoms with E-state index >= 15 is 0 Å². The van der Waals surface area contributed by atoms with E-state index in [1.54, 1.807) is 0 Å². The summed E-state index contributed by atoms with van der Waals surface area (Å²) in [6.07, 6.45) is 1.18. The summed E-state index contributed by atoms with van der Waals surface area (Å²) < 4.78 is 0. The minimum atomic E-state index is -1.17. The number of amides is 1. The van der Waals surface area contributed by atoms with E-state index in [0.717, 1.165) is 12.2 Å². The molecule has 0 radical (unpaired) electrons. The summed E-state index contributed by atoms with van der Waals surface area (Å²) in [4.78, 5) is 26.3. The standard InChI is InChI=1S/C14H13N5O2S/c20-14(21)19-12-10-11(16-8-15-10)17-13(18-12)22-7-6-9-4-2-1-3-5-9/h1-5,8H,6-7H2,(H,20,21)(H2,15,16,17,18,19). The fourth-order valence-corrected chi connectivity index (χ4v) is 2.80. The van der Waals surface area contributed by atoms with Gasteiger partial charge in [0.15, 0.2) is 16.6 Å². The number of fused-ring (bicyclic) bond motifs is 1. The molecule has 2 aromatic heterocycles. The van der Waals surface area contributed by atoms with Gasteiger partial charge in [0.25, 0.3) is 0 Å². The molecule has 1 amide bonds. The Morgan fingerprint density at radius 2 is 2.09 bits per heavy atom. The van der Waals surface area contributed by atoms with Crippen LogP contribution in [0.15, 0.2) is 41.8 Å². The molecule has 0 aliphatic heterocycles. The predicted octanol–water partition coefficient (Wildman–Crippen LogP) is 2.78. The Hall–Kier alpha value is -2.61. The highest BCUT2D eigenvalue weighted by Crippen LogP contribution is 2.22. The van der Waals surface area contributed by atoms with Crippen LogP contribution in [0.4, 0.5) is 10.6 Å². The Morgan fingerprint density at radius 1 is 1.27 bits per heavy atom. The maximum Gasteiger partial charge on any atom is 0.410 e. The van der Waals surface area contributed by atoms with Crippen molar-refractivity contribution in [2.75, 3.05) is 11.1 Å². The number of carboxylic acid groups (broad SMARTS) is 1. The number of rotatable bonds is 5. The SMILES string of the molecule is O=C(O)Nc1nc(SCCc2ccccc2)nc2nc[nH]c12. The molecule has 7 nitrogen and oxygen atoms in total. The largest absolute Gasteiger partial charge is 0.465 e. The lowest BCUT2D eigenvalue weighted by molar-refractivity contribution is 0.209. The first-order valence-corrected chi connectivity index (χ1v) is 7.59. The van der Waals surface area contributed by atoms with Gasteiger partial charge < -0.3 is 10.1 Å². The van der Waals surface area contributed by atoms with Gasteiger partial charge in [-0.3, -0.25) is 5.32 Å². The van der Waals surface area contributed by atoms with Crippen LogP contribution in [0.1, 0.15) is 5.56 Å². The zero-order chi connectivity index (χ0) is 15.4. The molecular formula is C14H13N5O2S. The molecule has 0 aliphatic carbocycles. The van der Waals surface area contributed by atoms with Crippen LogP contribution in [0.5, 0.6) is 0 Å². The molecule has 22 heavy (non-hydrogen) atoms. The van der Waals surface area contributed by atoms with E-state index < -0.39 is 6.09 Å². The number of imidazole rings is 1. The Morgan fingerprint density at radius 3 is 2.86 bits per heavy atom. The van der Waals surface area contributed by atoms with Crippen molar-refractivity contribution in [3.63, 3.8) is 0 Å². The average Bonchev–Trinajstić information content (AvgIpc) is 2.96.